The normalized spacial score (nSPS) is 12.8. The zero-order valence-corrected chi connectivity index (χ0v) is 13.5. The highest BCUT2D eigenvalue weighted by Crippen LogP contribution is 2.20. The molecule has 0 radical (unpaired) electrons. The fourth-order valence-corrected chi connectivity index (χ4v) is 2.23. The Morgan fingerprint density at radius 3 is 2.32 bits per heavy atom. The van der Waals surface area contributed by atoms with Crippen LogP contribution in [0.15, 0.2) is 60.2 Å². The van der Waals surface area contributed by atoms with Crippen LogP contribution < -0.4 is 5.32 Å². The molecule has 1 N–H and O–H groups in total. The first kappa shape index (κ1) is 16.0. The van der Waals surface area contributed by atoms with E-state index in [0.29, 0.717) is 11.5 Å². The predicted molar refractivity (Wildman–Crippen MR) is 93.9 cm³/mol. The van der Waals surface area contributed by atoms with E-state index in [-0.39, 0.29) is 5.91 Å². The molecule has 0 saturated heterocycles. The van der Waals surface area contributed by atoms with Crippen LogP contribution in [0.2, 0.25) is 0 Å². The minimum atomic E-state index is -0.0693. The van der Waals surface area contributed by atoms with E-state index in [9.17, 15) is 4.79 Å². The molecule has 0 aliphatic carbocycles. The molecule has 0 saturated carbocycles. The van der Waals surface area contributed by atoms with Gasteiger partial charge in [0.05, 0.1) is 0 Å². The Hall–Kier alpha value is -2.35. The molecule has 2 aromatic rings. The van der Waals surface area contributed by atoms with Gasteiger partial charge >= 0.3 is 0 Å². The predicted octanol–water partition coefficient (Wildman–Crippen LogP) is 5.24. The molecule has 0 bridgehead atoms. The Morgan fingerprint density at radius 2 is 1.73 bits per heavy atom. The van der Waals surface area contributed by atoms with Gasteiger partial charge in [-0.2, -0.15) is 0 Å². The highest BCUT2D eigenvalue weighted by atomic mass is 16.1. The third-order valence-electron chi connectivity index (χ3n) is 3.89. The topological polar surface area (TPSA) is 29.1 Å². The van der Waals surface area contributed by atoms with Crippen LogP contribution in [-0.2, 0) is 4.79 Å². The van der Waals surface area contributed by atoms with E-state index in [4.69, 9.17) is 0 Å². The number of hydrogen-bond donors (Lipinski definition) is 1. The first-order valence-corrected chi connectivity index (χ1v) is 7.74. The van der Waals surface area contributed by atoms with Crippen molar-refractivity contribution in [2.24, 2.45) is 0 Å². The van der Waals surface area contributed by atoms with E-state index in [1.54, 1.807) is 0 Å². The first-order chi connectivity index (χ1) is 10.6. The average Bonchev–Trinajstić information content (AvgIpc) is 2.55. The smallest absolute Gasteiger partial charge is 0.251 e. The van der Waals surface area contributed by atoms with Crippen LogP contribution in [0.25, 0.3) is 6.08 Å². The lowest BCUT2D eigenvalue weighted by Crippen LogP contribution is -2.12. The zero-order valence-electron chi connectivity index (χ0n) is 13.5. The fourth-order valence-electron chi connectivity index (χ4n) is 2.23. The summed E-state index contributed by atoms with van der Waals surface area (Å²) in [5.74, 6) is 0.476. The van der Waals surface area contributed by atoms with Crippen molar-refractivity contribution in [1.82, 2.24) is 0 Å². The Morgan fingerprint density at radius 1 is 1.09 bits per heavy atom. The minimum Gasteiger partial charge on any atom is -0.322 e. The highest BCUT2D eigenvalue weighted by molar-refractivity contribution is 6.06. The second-order valence-electron chi connectivity index (χ2n) is 5.62. The molecular formula is C20H23NO. The van der Waals surface area contributed by atoms with E-state index in [1.165, 1.54) is 5.56 Å². The van der Waals surface area contributed by atoms with Gasteiger partial charge in [0.25, 0.3) is 5.91 Å². The number of benzene rings is 2. The SMILES string of the molecule is CCC(C)c1ccc(NC(=O)/C(C)=C/c2ccccc2)cc1. The van der Waals surface area contributed by atoms with Gasteiger partial charge in [0.1, 0.15) is 0 Å². The maximum absolute atomic E-state index is 12.2. The van der Waals surface area contributed by atoms with E-state index in [0.717, 1.165) is 17.7 Å². The van der Waals surface area contributed by atoms with Crippen LogP contribution in [0.5, 0.6) is 0 Å². The summed E-state index contributed by atoms with van der Waals surface area (Å²) in [4.78, 5) is 12.2. The number of carbonyl (C=O) groups excluding carboxylic acids is 1. The van der Waals surface area contributed by atoms with E-state index < -0.39 is 0 Å². The molecular weight excluding hydrogens is 270 g/mol. The average molecular weight is 293 g/mol. The molecule has 2 aromatic carbocycles. The number of rotatable bonds is 5. The molecule has 0 spiro atoms. The van der Waals surface area contributed by atoms with Crippen molar-refractivity contribution in [2.45, 2.75) is 33.1 Å². The van der Waals surface area contributed by atoms with Crippen LogP contribution in [0.4, 0.5) is 5.69 Å². The number of hydrogen-bond acceptors (Lipinski definition) is 1. The van der Waals surface area contributed by atoms with Gasteiger partial charge in [-0.3, -0.25) is 4.79 Å². The lowest BCUT2D eigenvalue weighted by atomic mass is 9.98. The quantitative estimate of drug-likeness (QED) is 0.750. The van der Waals surface area contributed by atoms with Crippen LogP contribution in [-0.4, -0.2) is 5.91 Å². The van der Waals surface area contributed by atoms with Gasteiger partial charge in [-0.05, 0) is 48.6 Å². The van der Waals surface area contributed by atoms with Gasteiger partial charge in [-0.25, -0.2) is 0 Å². The van der Waals surface area contributed by atoms with Crippen LogP contribution in [0, 0.1) is 0 Å². The van der Waals surface area contributed by atoms with E-state index in [2.05, 4.69) is 31.3 Å². The summed E-state index contributed by atoms with van der Waals surface area (Å²) < 4.78 is 0. The molecule has 0 aliphatic rings. The highest BCUT2D eigenvalue weighted by Gasteiger charge is 2.06. The van der Waals surface area contributed by atoms with Gasteiger partial charge in [-0.1, -0.05) is 56.3 Å². The molecule has 2 rings (SSSR count). The van der Waals surface area contributed by atoms with Gasteiger partial charge < -0.3 is 5.32 Å². The Kier molecular flexibility index (Phi) is 5.54. The molecule has 1 atom stereocenters. The lowest BCUT2D eigenvalue weighted by molar-refractivity contribution is -0.112. The van der Waals surface area contributed by atoms with Gasteiger partial charge in [0, 0.05) is 11.3 Å². The second kappa shape index (κ2) is 7.60. The molecule has 1 unspecified atom stereocenters. The van der Waals surface area contributed by atoms with Crippen molar-refractivity contribution in [3.05, 3.63) is 71.3 Å². The summed E-state index contributed by atoms with van der Waals surface area (Å²) in [6.45, 7) is 6.22. The van der Waals surface area contributed by atoms with Crippen molar-refractivity contribution in [3.8, 4) is 0 Å². The Balaban J connectivity index is 2.04. The number of nitrogens with one attached hydrogen (secondary N) is 1. The Bertz CT molecular complexity index is 641. The van der Waals surface area contributed by atoms with Crippen molar-refractivity contribution < 1.29 is 4.79 Å². The molecule has 22 heavy (non-hydrogen) atoms. The molecule has 0 aromatic heterocycles. The number of anilines is 1. The van der Waals surface area contributed by atoms with Gasteiger partial charge in [-0.15, -0.1) is 0 Å². The van der Waals surface area contributed by atoms with Gasteiger partial charge in [0.2, 0.25) is 0 Å². The number of amides is 1. The lowest BCUT2D eigenvalue weighted by Gasteiger charge is -2.10. The summed E-state index contributed by atoms with van der Waals surface area (Å²) in [5.41, 5.74) is 3.86. The minimum absolute atomic E-state index is 0.0693. The van der Waals surface area contributed by atoms with E-state index in [1.807, 2.05) is 55.5 Å². The van der Waals surface area contributed by atoms with Crippen LogP contribution in [0.1, 0.15) is 44.2 Å². The summed E-state index contributed by atoms with van der Waals surface area (Å²) in [5, 5.41) is 2.94. The maximum atomic E-state index is 12.2. The summed E-state index contributed by atoms with van der Waals surface area (Å²) >= 11 is 0. The maximum Gasteiger partial charge on any atom is 0.251 e. The summed E-state index contributed by atoms with van der Waals surface area (Å²) in [6, 6.07) is 18.0. The van der Waals surface area contributed by atoms with Crippen molar-refractivity contribution >= 4 is 17.7 Å². The first-order valence-electron chi connectivity index (χ1n) is 7.74. The third-order valence-corrected chi connectivity index (χ3v) is 3.89. The Labute approximate surface area is 132 Å². The van der Waals surface area contributed by atoms with Crippen molar-refractivity contribution in [1.29, 1.82) is 0 Å². The van der Waals surface area contributed by atoms with Crippen LogP contribution in [0.3, 0.4) is 0 Å². The second-order valence-corrected chi connectivity index (χ2v) is 5.62. The molecule has 114 valence electrons. The monoisotopic (exact) mass is 293 g/mol. The molecule has 0 fully saturated rings. The zero-order chi connectivity index (χ0) is 15.9. The molecule has 2 nitrogen and oxygen atoms in total. The number of carbonyl (C=O) groups is 1. The molecule has 1 amide bonds. The van der Waals surface area contributed by atoms with Crippen LogP contribution >= 0.6 is 0 Å². The summed E-state index contributed by atoms with van der Waals surface area (Å²) in [7, 11) is 0. The summed E-state index contributed by atoms with van der Waals surface area (Å²) in [6.07, 6.45) is 3.01. The third kappa shape index (κ3) is 4.32. The fraction of sp³-hybridized carbons (Fsp3) is 0.250. The van der Waals surface area contributed by atoms with E-state index >= 15 is 0 Å². The van der Waals surface area contributed by atoms with Crippen molar-refractivity contribution in [2.75, 3.05) is 5.32 Å². The molecule has 2 heteroatoms. The van der Waals surface area contributed by atoms with Crippen molar-refractivity contribution in [3.63, 3.8) is 0 Å². The molecule has 0 heterocycles. The standard InChI is InChI=1S/C20H23NO/c1-4-15(2)18-10-12-19(13-11-18)21-20(22)16(3)14-17-8-6-5-7-9-17/h5-15H,4H2,1-3H3,(H,21,22)/b16-14+. The molecule has 0 aliphatic heterocycles. The van der Waals surface area contributed by atoms with Gasteiger partial charge in [0.15, 0.2) is 0 Å². The largest absolute Gasteiger partial charge is 0.322 e.